The summed E-state index contributed by atoms with van der Waals surface area (Å²) >= 11 is 0. The van der Waals surface area contributed by atoms with Crippen molar-refractivity contribution in [3.05, 3.63) is 18.1 Å². The smallest absolute Gasteiger partial charge is 0.234 e. The fourth-order valence-corrected chi connectivity index (χ4v) is 1.67. The van der Waals surface area contributed by atoms with Gasteiger partial charge in [0.15, 0.2) is 0 Å². The Morgan fingerprint density at radius 2 is 2.50 bits per heavy atom. The lowest BCUT2D eigenvalue weighted by Gasteiger charge is -2.27. The number of rotatable bonds is 2. The number of nitrogens with zero attached hydrogens (tertiary/aromatic N) is 3. The minimum Gasteiger partial charge on any atom is -0.364 e. The van der Waals surface area contributed by atoms with Crippen LogP contribution in [0.1, 0.15) is 12.2 Å². The number of hydrogen-bond acceptors (Lipinski definition) is 5. The third kappa shape index (κ3) is 2.44. The molecule has 2 heterocycles. The van der Waals surface area contributed by atoms with Crippen molar-refractivity contribution >= 4 is 5.82 Å². The summed E-state index contributed by atoms with van der Waals surface area (Å²) in [5, 5.41) is 14.6. The zero-order chi connectivity index (χ0) is 11.4. The molecule has 0 radical (unpaired) electrons. The minimum atomic E-state index is -0.936. The quantitative estimate of drug-likeness (QED) is 0.759. The van der Waals surface area contributed by atoms with Crippen LogP contribution in [0.2, 0.25) is 0 Å². The Morgan fingerprint density at radius 3 is 3.25 bits per heavy atom. The lowest BCUT2D eigenvalue weighted by molar-refractivity contribution is 0.244. The number of nitriles is 1. The van der Waals surface area contributed by atoms with E-state index in [9.17, 15) is 4.39 Å². The topological polar surface area (TPSA) is 73.6 Å². The molecule has 2 rings (SSSR count). The Labute approximate surface area is 92.7 Å². The molecule has 0 saturated carbocycles. The van der Waals surface area contributed by atoms with E-state index in [1.807, 2.05) is 6.07 Å². The minimum absolute atomic E-state index is 0.0920. The van der Waals surface area contributed by atoms with Gasteiger partial charge in [-0.3, -0.25) is 0 Å². The molecule has 1 aromatic heterocycles. The summed E-state index contributed by atoms with van der Waals surface area (Å²) < 4.78 is 13.5. The van der Waals surface area contributed by atoms with Crippen LogP contribution >= 0.6 is 0 Å². The predicted octanol–water partition coefficient (Wildman–Crippen LogP) is 0.460. The Hall–Kier alpha value is -1.74. The molecule has 1 aliphatic heterocycles. The first-order chi connectivity index (χ1) is 7.79. The molecule has 16 heavy (non-hydrogen) atoms. The van der Waals surface area contributed by atoms with Crippen molar-refractivity contribution < 1.29 is 4.39 Å². The lowest BCUT2D eigenvalue weighted by Crippen LogP contribution is -2.45. The first-order valence-electron chi connectivity index (χ1n) is 5.14. The van der Waals surface area contributed by atoms with Gasteiger partial charge in [-0.25, -0.2) is 14.4 Å². The van der Waals surface area contributed by atoms with Gasteiger partial charge < -0.3 is 10.6 Å². The number of piperidine rings is 1. The van der Waals surface area contributed by atoms with Gasteiger partial charge in [0.2, 0.25) is 5.82 Å². The molecular formula is C10H12FN5. The van der Waals surface area contributed by atoms with Crippen molar-refractivity contribution in [1.29, 1.82) is 5.26 Å². The summed E-state index contributed by atoms with van der Waals surface area (Å²) in [6, 6.07) is 3.23. The largest absolute Gasteiger partial charge is 0.364 e. The molecule has 2 N–H and O–H groups in total. The number of anilines is 1. The van der Waals surface area contributed by atoms with Crippen LogP contribution in [0, 0.1) is 11.3 Å². The molecule has 1 saturated heterocycles. The summed E-state index contributed by atoms with van der Waals surface area (Å²) in [7, 11) is 0. The van der Waals surface area contributed by atoms with Gasteiger partial charge in [0.1, 0.15) is 18.1 Å². The summed E-state index contributed by atoms with van der Waals surface area (Å²) in [6.45, 7) is 1.14. The van der Waals surface area contributed by atoms with Crippen LogP contribution in [0.15, 0.2) is 12.3 Å². The van der Waals surface area contributed by atoms with E-state index in [4.69, 9.17) is 5.26 Å². The SMILES string of the molecule is N#Cc1nccc(N[C@H]2CCNC[C@@H]2F)n1. The van der Waals surface area contributed by atoms with E-state index in [0.717, 1.165) is 6.54 Å². The van der Waals surface area contributed by atoms with Gasteiger partial charge in [0.25, 0.3) is 0 Å². The van der Waals surface area contributed by atoms with E-state index in [1.54, 1.807) is 6.07 Å². The molecule has 0 spiro atoms. The highest BCUT2D eigenvalue weighted by Crippen LogP contribution is 2.13. The Morgan fingerprint density at radius 1 is 1.62 bits per heavy atom. The molecular weight excluding hydrogens is 209 g/mol. The van der Waals surface area contributed by atoms with Crippen molar-refractivity contribution in [1.82, 2.24) is 15.3 Å². The van der Waals surface area contributed by atoms with Crippen LogP contribution < -0.4 is 10.6 Å². The Kier molecular flexibility index (Phi) is 3.27. The maximum absolute atomic E-state index is 13.5. The van der Waals surface area contributed by atoms with E-state index in [2.05, 4.69) is 20.6 Å². The molecule has 5 nitrogen and oxygen atoms in total. The van der Waals surface area contributed by atoms with Crippen LogP contribution in [0.5, 0.6) is 0 Å². The molecule has 6 heteroatoms. The lowest BCUT2D eigenvalue weighted by atomic mass is 10.1. The highest BCUT2D eigenvalue weighted by atomic mass is 19.1. The maximum atomic E-state index is 13.5. The van der Waals surface area contributed by atoms with Crippen LogP contribution in [-0.2, 0) is 0 Å². The van der Waals surface area contributed by atoms with Crippen LogP contribution in [0.25, 0.3) is 0 Å². The molecule has 0 bridgehead atoms. The molecule has 1 fully saturated rings. The average Bonchev–Trinajstić information content (AvgIpc) is 2.32. The molecule has 0 amide bonds. The Balaban J connectivity index is 2.05. The zero-order valence-electron chi connectivity index (χ0n) is 8.65. The first-order valence-corrected chi connectivity index (χ1v) is 5.14. The van der Waals surface area contributed by atoms with Crippen molar-refractivity contribution in [2.45, 2.75) is 18.6 Å². The highest BCUT2D eigenvalue weighted by Gasteiger charge is 2.24. The first kappa shape index (κ1) is 10.8. The van der Waals surface area contributed by atoms with E-state index >= 15 is 0 Å². The number of aromatic nitrogens is 2. The normalized spacial score (nSPS) is 24.8. The third-order valence-electron chi connectivity index (χ3n) is 2.50. The number of halogens is 1. The molecule has 2 atom stereocenters. The number of hydrogen-bond donors (Lipinski definition) is 2. The van der Waals surface area contributed by atoms with Crippen molar-refractivity contribution in [3.8, 4) is 6.07 Å². The second-order valence-corrected chi connectivity index (χ2v) is 3.64. The van der Waals surface area contributed by atoms with Gasteiger partial charge >= 0.3 is 0 Å². The van der Waals surface area contributed by atoms with Gasteiger partial charge in [-0.1, -0.05) is 0 Å². The summed E-state index contributed by atoms with van der Waals surface area (Å²) in [5.41, 5.74) is 0. The standard InChI is InChI=1S/C10H12FN5/c11-7-6-13-3-1-8(7)15-9-2-4-14-10(5-12)16-9/h2,4,7-8,13H,1,3,6H2,(H,14,15,16)/t7-,8-/m0/s1. The second-order valence-electron chi connectivity index (χ2n) is 3.64. The van der Waals surface area contributed by atoms with Gasteiger partial charge in [0.05, 0.1) is 6.04 Å². The molecule has 1 aliphatic rings. The Bertz CT molecular complexity index is 402. The van der Waals surface area contributed by atoms with Crippen LogP contribution in [0.4, 0.5) is 10.2 Å². The van der Waals surface area contributed by atoms with E-state index in [1.165, 1.54) is 6.20 Å². The monoisotopic (exact) mass is 221 g/mol. The molecule has 84 valence electrons. The van der Waals surface area contributed by atoms with Crippen molar-refractivity contribution in [2.75, 3.05) is 18.4 Å². The summed E-state index contributed by atoms with van der Waals surface area (Å²) in [6.07, 6.45) is 1.25. The van der Waals surface area contributed by atoms with Crippen LogP contribution in [0.3, 0.4) is 0 Å². The highest BCUT2D eigenvalue weighted by molar-refractivity contribution is 5.36. The summed E-state index contributed by atoms with van der Waals surface area (Å²) in [5.74, 6) is 0.593. The summed E-state index contributed by atoms with van der Waals surface area (Å²) in [4.78, 5) is 7.70. The number of nitrogens with one attached hydrogen (secondary N) is 2. The van der Waals surface area contributed by atoms with Crippen molar-refractivity contribution in [2.24, 2.45) is 0 Å². The fourth-order valence-electron chi connectivity index (χ4n) is 1.67. The molecule has 0 aliphatic carbocycles. The second kappa shape index (κ2) is 4.86. The van der Waals surface area contributed by atoms with Gasteiger partial charge in [-0.15, -0.1) is 0 Å². The molecule has 0 aromatic carbocycles. The third-order valence-corrected chi connectivity index (χ3v) is 2.50. The van der Waals surface area contributed by atoms with Crippen molar-refractivity contribution in [3.63, 3.8) is 0 Å². The molecule has 0 unspecified atom stereocenters. The molecule has 1 aromatic rings. The zero-order valence-corrected chi connectivity index (χ0v) is 8.65. The van der Waals surface area contributed by atoms with Crippen LogP contribution in [-0.4, -0.2) is 35.3 Å². The van der Waals surface area contributed by atoms with Gasteiger partial charge in [-0.2, -0.15) is 5.26 Å². The van der Waals surface area contributed by atoms with E-state index in [0.29, 0.717) is 18.8 Å². The maximum Gasteiger partial charge on any atom is 0.234 e. The predicted molar refractivity (Wildman–Crippen MR) is 56.5 cm³/mol. The fraction of sp³-hybridized carbons (Fsp3) is 0.500. The average molecular weight is 221 g/mol. The van der Waals surface area contributed by atoms with E-state index in [-0.39, 0.29) is 11.9 Å². The van der Waals surface area contributed by atoms with Gasteiger partial charge in [0, 0.05) is 12.7 Å². The number of alkyl halides is 1. The van der Waals surface area contributed by atoms with E-state index < -0.39 is 6.17 Å². The van der Waals surface area contributed by atoms with Gasteiger partial charge in [-0.05, 0) is 19.0 Å².